The highest BCUT2D eigenvalue weighted by atomic mass is 16.1. The van der Waals surface area contributed by atoms with E-state index in [9.17, 15) is 4.79 Å². The lowest BCUT2D eigenvalue weighted by Gasteiger charge is -2.22. The third-order valence-corrected chi connectivity index (χ3v) is 3.20. The number of nitrogens with two attached hydrogens (primary N) is 1. The fourth-order valence-corrected chi connectivity index (χ4v) is 2.18. The number of ketones is 1. The molecule has 1 aromatic heterocycles. The van der Waals surface area contributed by atoms with Gasteiger partial charge in [-0.05, 0) is 12.1 Å². The zero-order valence-electron chi connectivity index (χ0n) is 9.31. The smallest absolute Gasteiger partial charge is 0.191 e. The van der Waals surface area contributed by atoms with Crippen LogP contribution in [0.1, 0.15) is 16.1 Å². The molecule has 17 heavy (non-hydrogen) atoms. The number of para-hydroxylation sites is 1. The predicted molar refractivity (Wildman–Crippen MR) is 66.9 cm³/mol. The van der Waals surface area contributed by atoms with Crippen molar-refractivity contribution in [3.05, 3.63) is 53.7 Å². The van der Waals surface area contributed by atoms with Crippen molar-refractivity contribution in [3.63, 3.8) is 0 Å². The fourth-order valence-electron chi connectivity index (χ4n) is 2.18. The lowest BCUT2D eigenvalue weighted by molar-refractivity contribution is 0.102. The summed E-state index contributed by atoms with van der Waals surface area (Å²) in [5, 5.41) is 0.975. The summed E-state index contributed by atoms with van der Waals surface area (Å²) in [6.07, 6.45) is 0.588. The zero-order valence-corrected chi connectivity index (χ0v) is 9.31. The number of rotatable bonds is 0. The van der Waals surface area contributed by atoms with Crippen molar-refractivity contribution in [1.29, 1.82) is 0 Å². The predicted octanol–water partition coefficient (Wildman–Crippen LogP) is 1.86. The minimum atomic E-state index is -0.302. The Hall–Kier alpha value is -2.00. The Morgan fingerprint density at radius 3 is 2.94 bits per heavy atom. The normalized spacial score (nSPS) is 19.5. The van der Waals surface area contributed by atoms with Gasteiger partial charge in [0.1, 0.15) is 0 Å². The van der Waals surface area contributed by atoms with Crippen LogP contribution in [0.5, 0.6) is 0 Å². The van der Waals surface area contributed by atoms with Crippen molar-refractivity contribution >= 4 is 16.7 Å². The van der Waals surface area contributed by atoms with E-state index in [-0.39, 0.29) is 11.8 Å². The molecule has 0 saturated heterocycles. The third-order valence-electron chi connectivity index (χ3n) is 3.20. The van der Waals surface area contributed by atoms with Gasteiger partial charge in [0.25, 0.3) is 0 Å². The number of pyridine rings is 1. The fraction of sp³-hybridized carbons (Fsp3) is 0.143. The van der Waals surface area contributed by atoms with Gasteiger partial charge in [0.15, 0.2) is 5.78 Å². The van der Waals surface area contributed by atoms with Crippen LogP contribution in [0.4, 0.5) is 0 Å². The van der Waals surface area contributed by atoms with Crippen molar-refractivity contribution in [1.82, 2.24) is 4.98 Å². The second-order valence-corrected chi connectivity index (χ2v) is 4.34. The van der Waals surface area contributed by atoms with Gasteiger partial charge in [-0.25, -0.2) is 0 Å². The Balaban J connectivity index is 2.28. The summed E-state index contributed by atoms with van der Waals surface area (Å²) in [6, 6.07) is 9.35. The molecule has 0 spiro atoms. The van der Waals surface area contributed by atoms with Crippen LogP contribution >= 0.6 is 0 Å². The molecule has 1 unspecified atom stereocenters. The Labute approximate surface area is 99.0 Å². The number of aromatic nitrogens is 1. The first kappa shape index (κ1) is 10.2. The molecule has 0 radical (unpaired) electrons. The van der Waals surface area contributed by atoms with Gasteiger partial charge in [0.05, 0.1) is 11.2 Å². The molecule has 3 heteroatoms. The van der Waals surface area contributed by atoms with Crippen LogP contribution in [0.15, 0.2) is 42.5 Å². The van der Waals surface area contributed by atoms with E-state index < -0.39 is 0 Å². The van der Waals surface area contributed by atoms with E-state index in [0.29, 0.717) is 17.6 Å². The van der Waals surface area contributed by atoms with E-state index in [4.69, 9.17) is 5.73 Å². The SMILES string of the molecule is C=C1C(=O)c2cc3ccccc3nc2CC1N. The van der Waals surface area contributed by atoms with E-state index in [2.05, 4.69) is 11.6 Å². The first-order valence-electron chi connectivity index (χ1n) is 5.54. The van der Waals surface area contributed by atoms with Crippen LogP contribution in [-0.2, 0) is 6.42 Å². The second kappa shape index (κ2) is 3.50. The van der Waals surface area contributed by atoms with Crippen molar-refractivity contribution in [2.45, 2.75) is 12.5 Å². The average molecular weight is 224 g/mol. The van der Waals surface area contributed by atoms with Crippen LogP contribution in [-0.4, -0.2) is 16.8 Å². The molecule has 0 saturated carbocycles. The monoisotopic (exact) mass is 224 g/mol. The minimum Gasteiger partial charge on any atom is -0.324 e. The number of Topliss-reactive ketones (excluding diaryl/α,β-unsaturated/α-hetero) is 1. The van der Waals surface area contributed by atoms with E-state index >= 15 is 0 Å². The van der Waals surface area contributed by atoms with E-state index in [1.165, 1.54) is 0 Å². The molecule has 0 bridgehead atoms. The Kier molecular flexibility index (Phi) is 2.09. The molecule has 0 amide bonds. The number of carbonyl (C=O) groups is 1. The Bertz CT molecular complexity index is 646. The molecule has 1 aliphatic rings. The number of fused-ring (bicyclic) bond motifs is 2. The van der Waals surface area contributed by atoms with E-state index in [1.54, 1.807) is 0 Å². The summed E-state index contributed by atoms with van der Waals surface area (Å²) in [4.78, 5) is 16.6. The van der Waals surface area contributed by atoms with E-state index in [1.807, 2.05) is 30.3 Å². The van der Waals surface area contributed by atoms with Crippen molar-refractivity contribution in [3.8, 4) is 0 Å². The average Bonchev–Trinajstić information content (AvgIpc) is 2.34. The largest absolute Gasteiger partial charge is 0.324 e. The summed E-state index contributed by atoms with van der Waals surface area (Å²) in [7, 11) is 0. The van der Waals surface area contributed by atoms with Crippen molar-refractivity contribution in [2.24, 2.45) is 5.73 Å². The number of benzene rings is 1. The quantitative estimate of drug-likeness (QED) is 0.695. The first-order valence-corrected chi connectivity index (χ1v) is 5.54. The molecular weight excluding hydrogens is 212 g/mol. The highest BCUT2D eigenvalue weighted by molar-refractivity contribution is 6.12. The molecule has 0 fully saturated rings. The lowest BCUT2D eigenvalue weighted by atomic mass is 9.87. The highest BCUT2D eigenvalue weighted by Crippen LogP contribution is 2.25. The molecule has 84 valence electrons. The summed E-state index contributed by atoms with van der Waals surface area (Å²) in [5.74, 6) is -0.0722. The van der Waals surface area contributed by atoms with E-state index in [0.717, 1.165) is 16.6 Å². The van der Waals surface area contributed by atoms with Crippen LogP contribution in [0.2, 0.25) is 0 Å². The number of hydrogen-bond acceptors (Lipinski definition) is 3. The maximum absolute atomic E-state index is 12.1. The molecule has 1 heterocycles. The minimum absolute atomic E-state index is 0.0722. The summed E-state index contributed by atoms with van der Waals surface area (Å²) < 4.78 is 0. The van der Waals surface area contributed by atoms with Crippen LogP contribution < -0.4 is 5.73 Å². The molecule has 2 N–H and O–H groups in total. The lowest BCUT2D eigenvalue weighted by Crippen LogP contribution is -2.34. The molecule has 0 aliphatic heterocycles. The van der Waals surface area contributed by atoms with Crippen LogP contribution in [0.3, 0.4) is 0 Å². The zero-order chi connectivity index (χ0) is 12.0. The Morgan fingerprint density at radius 2 is 2.12 bits per heavy atom. The van der Waals surface area contributed by atoms with Crippen molar-refractivity contribution in [2.75, 3.05) is 0 Å². The molecule has 1 aromatic carbocycles. The second-order valence-electron chi connectivity index (χ2n) is 4.34. The molecule has 3 rings (SSSR count). The number of carbonyl (C=O) groups excluding carboxylic acids is 1. The van der Waals surface area contributed by atoms with Gasteiger partial charge in [-0.3, -0.25) is 9.78 Å². The number of hydrogen-bond donors (Lipinski definition) is 1. The summed E-state index contributed by atoms with van der Waals surface area (Å²) >= 11 is 0. The molecule has 1 aliphatic carbocycles. The van der Waals surface area contributed by atoms with Gasteiger partial charge in [-0.1, -0.05) is 24.8 Å². The molecular formula is C14H12N2O. The third kappa shape index (κ3) is 1.47. The summed E-state index contributed by atoms with van der Waals surface area (Å²) in [6.45, 7) is 3.75. The Morgan fingerprint density at radius 1 is 1.35 bits per heavy atom. The van der Waals surface area contributed by atoms with Crippen LogP contribution in [0.25, 0.3) is 10.9 Å². The highest BCUT2D eigenvalue weighted by Gasteiger charge is 2.27. The van der Waals surface area contributed by atoms with Gasteiger partial charge in [-0.2, -0.15) is 0 Å². The van der Waals surface area contributed by atoms with Gasteiger partial charge >= 0.3 is 0 Å². The van der Waals surface area contributed by atoms with Gasteiger partial charge < -0.3 is 5.73 Å². The first-order chi connectivity index (χ1) is 8.16. The summed E-state index contributed by atoms with van der Waals surface area (Å²) in [5.41, 5.74) is 8.68. The number of nitrogens with zero attached hydrogens (tertiary/aromatic N) is 1. The van der Waals surface area contributed by atoms with Gasteiger partial charge in [0, 0.05) is 29.0 Å². The molecule has 1 atom stereocenters. The maximum Gasteiger partial charge on any atom is 0.191 e. The maximum atomic E-state index is 12.1. The standard InChI is InChI=1S/C14H12N2O/c1-8-11(15)7-13-10(14(8)17)6-9-4-2-3-5-12(9)16-13/h2-6,11H,1,7,15H2. The van der Waals surface area contributed by atoms with Crippen molar-refractivity contribution < 1.29 is 4.79 Å². The van der Waals surface area contributed by atoms with Crippen LogP contribution in [0, 0.1) is 0 Å². The molecule has 3 nitrogen and oxygen atoms in total. The topological polar surface area (TPSA) is 56.0 Å². The van der Waals surface area contributed by atoms with Gasteiger partial charge in [0.2, 0.25) is 0 Å². The molecule has 2 aromatic rings. The van der Waals surface area contributed by atoms with Gasteiger partial charge in [-0.15, -0.1) is 0 Å².